The van der Waals surface area contributed by atoms with Crippen LogP contribution >= 0.6 is 11.3 Å². The van der Waals surface area contributed by atoms with Gasteiger partial charge in [0.1, 0.15) is 5.69 Å². The SMILES string of the molecule is O=[N+]([O-])c1ccc(-n2nc(-c3ccccc3)n[n+]2-c2nc3ccccc3s2)cc1.[Br-]. The van der Waals surface area contributed by atoms with Gasteiger partial charge in [-0.2, -0.15) is 0 Å². The Labute approximate surface area is 185 Å². The lowest BCUT2D eigenvalue weighted by Crippen LogP contribution is -3.00. The molecule has 10 heteroatoms. The molecular formula is C20H13BrN6O2S. The summed E-state index contributed by atoms with van der Waals surface area (Å²) in [5, 5.41) is 20.9. The minimum atomic E-state index is -0.428. The van der Waals surface area contributed by atoms with Gasteiger partial charge in [0.2, 0.25) is 0 Å². The van der Waals surface area contributed by atoms with Gasteiger partial charge >= 0.3 is 5.13 Å². The number of aromatic nitrogens is 5. The predicted octanol–water partition coefficient (Wildman–Crippen LogP) is 0.733. The quantitative estimate of drug-likeness (QED) is 0.215. The number of para-hydroxylation sites is 1. The van der Waals surface area contributed by atoms with Crippen LogP contribution in [-0.2, 0) is 0 Å². The second-order valence-electron chi connectivity index (χ2n) is 6.21. The fourth-order valence-corrected chi connectivity index (χ4v) is 3.84. The van der Waals surface area contributed by atoms with Crippen molar-refractivity contribution in [3.8, 4) is 22.2 Å². The van der Waals surface area contributed by atoms with Gasteiger partial charge in [-0.05, 0) is 51.1 Å². The van der Waals surface area contributed by atoms with Gasteiger partial charge in [0.15, 0.2) is 5.52 Å². The Kier molecular flexibility index (Phi) is 5.34. The first-order valence-corrected chi connectivity index (χ1v) is 9.56. The van der Waals surface area contributed by atoms with Gasteiger partial charge in [0.25, 0.3) is 11.5 Å². The number of nitro benzene ring substituents is 1. The van der Waals surface area contributed by atoms with Crippen molar-refractivity contribution in [3.63, 3.8) is 0 Å². The van der Waals surface area contributed by atoms with E-state index >= 15 is 0 Å². The maximum Gasteiger partial charge on any atom is 0.365 e. The molecule has 0 aliphatic heterocycles. The van der Waals surface area contributed by atoms with E-state index in [1.165, 1.54) is 23.5 Å². The number of tetrazole rings is 1. The molecule has 0 aliphatic carbocycles. The lowest BCUT2D eigenvalue weighted by Gasteiger charge is -1.98. The highest BCUT2D eigenvalue weighted by molar-refractivity contribution is 7.20. The minimum absolute atomic E-state index is 0. The molecule has 0 radical (unpaired) electrons. The Morgan fingerprint density at radius 1 is 0.933 bits per heavy atom. The average molecular weight is 481 g/mol. The number of halogens is 1. The van der Waals surface area contributed by atoms with Crippen molar-refractivity contribution >= 4 is 27.2 Å². The Morgan fingerprint density at radius 3 is 2.33 bits per heavy atom. The van der Waals surface area contributed by atoms with Gasteiger partial charge in [-0.1, -0.05) is 46.7 Å². The van der Waals surface area contributed by atoms with Crippen molar-refractivity contribution < 1.29 is 26.7 Å². The van der Waals surface area contributed by atoms with Crippen LogP contribution in [0.1, 0.15) is 0 Å². The van der Waals surface area contributed by atoms with Crippen LogP contribution in [0, 0.1) is 10.1 Å². The number of non-ortho nitro benzene ring substituents is 1. The number of benzene rings is 3. The van der Waals surface area contributed by atoms with Gasteiger partial charge in [0.05, 0.1) is 9.62 Å². The van der Waals surface area contributed by atoms with Crippen molar-refractivity contribution in [2.45, 2.75) is 0 Å². The lowest BCUT2D eigenvalue weighted by molar-refractivity contribution is -0.734. The van der Waals surface area contributed by atoms with E-state index in [4.69, 9.17) is 0 Å². The smallest absolute Gasteiger partial charge is 0.365 e. The first-order valence-electron chi connectivity index (χ1n) is 8.75. The van der Waals surface area contributed by atoms with Crippen LogP contribution in [0.5, 0.6) is 0 Å². The first-order chi connectivity index (χ1) is 14.2. The van der Waals surface area contributed by atoms with Crippen LogP contribution in [0.15, 0.2) is 78.9 Å². The second kappa shape index (κ2) is 8.09. The summed E-state index contributed by atoms with van der Waals surface area (Å²) in [7, 11) is 0. The zero-order chi connectivity index (χ0) is 19.8. The summed E-state index contributed by atoms with van der Waals surface area (Å²) < 4.78 is 1.04. The molecule has 0 bridgehead atoms. The van der Waals surface area contributed by atoms with Crippen LogP contribution in [0.2, 0.25) is 0 Å². The van der Waals surface area contributed by atoms with Gasteiger partial charge in [-0.15, -0.1) is 0 Å². The summed E-state index contributed by atoms with van der Waals surface area (Å²) >= 11 is 1.50. The fraction of sp³-hybridized carbons (Fsp3) is 0. The van der Waals surface area contributed by atoms with Gasteiger partial charge in [-0.3, -0.25) is 10.1 Å². The van der Waals surface area contributed by atoms with Crippen LogP contribution in [0.4, 0.5) is 5.69 Å². The average Bonchev–Trinajstić information content (AvgIpc) is 3.39. The number of hydrogen-bond donors (Lipinski definition) is 0. The van der Waals surface area contributed by atoms with Crippen molar-refractivity contribution in [1.82, 2.24) is 20.0 Å². The van der Waals surface area contributed by atoms with E-state index in [0.29, 0.717) is 16.6 Å². The predicted molar refractivity (Wildman–Crippen MR) is 108 cm³/mol. The highest BCUT2D eigenvalue weighted by Gasteiger charge is 2.24. The molecule has 0 amide bonds. The maximum atomic E-state index is 11.0. The van der Waals surface area contributed by atoms with E-state index in [9.17, 15) is 10.1 Å². The normalized spacial score (nSPS) is 10.7. The van der Waals surface area contributed by atoms with Crippen LogP contribution in [-0.4, -0.2) is 24.9 Å². The summed E-state index contributed by atoms with van der Waals surface area (Å²) in [5.74, 6) is 0.531. The van der Waals surface area contributed by atoms with Crippen LogP contribution in [0.3, 0.4) is 0 Å². The Hall–Kier alpha value is -3.50. The topological polar surface area (TPSA) is 90.6 Å². The molecule has 5 rings (SSSR count). The monoisotopic (exact) mass is 480 g/mol. The van der Waals surface area contributed by atoms with E-state index in [1.54, 1.807) is 21.7 Å². The molecule has 0 saturated heterocycles. The van der Waals surface area contributed by atoms with Crippen molar-refractivity contribution in [2.75, 3.05) is 0 Å². The molecule has 0 atom stereocenters. The third kappa shape index (κ3) is 3.58. The minimum Gasteiger partial charge on any atom is -1.00 e. The number of nitro groups is 1. The molecule has 8 nitrogen and oxygen atoms in total. The van der Waals surface area contributed by atoms with E-state index in [-0.39, 0.29) is 22.7 Å². The van der Waals surface area contributed by atoms with Crippen molar-refractivity contribution in [1.29, 1.82) is 0 Å². The first kappa shape index (κ1) is 19.8. The zero-order valence-corrected chi connectivity index (χ0v) is 17.7. The largest absolute Gasteiger partial charge is 1.00 e. The Bertz CT molecular complexity index is 1300. The lowest BCUT2D eigenvalue weighted by atomic mass is 10.2. The van der Waals surface area contributed by atoms with Gasteiger partial charge in [-0.25, -0.2) is 0 Å². The van der Waals surface area contributed by atoms with E-state index in [2.05, 4.69) is 15.2 Å². The number of nitrogens with zero attached hydrogens (tertiary/aromatic N) is 6. The van der Waals surface area contributed by atoms with Gasteiger partial charge < -0.3 is 17.0 Å². The molecule has 30 heavy (non-hydrogen) atoms. The number of hydrogen-bond acceptors (Lipinski definition) is 6. The molecule has 0 unspecified atom stereocenters. The van der Waals surface area contributed by atoms with Crippen molar-refractivity contribution in [2.24, 2.45) is 0 Å². The Morgan fingerprint density at radius 2 is 1.63 bits per heavy atom. The molecule has 0 N–H and O–H groups in total. The highest BCUT2D eigenvalue weighted by atomic mass is 79.9. The third-order valence-electron chi connectivity index (χ3n) is 4.34. The number of thiazole rings is 1. The molecule has 0 aliphatic rings. The van der Waals surface area contributed by atoms with E-state index < -0.39 is 4.92 Å². The van der Waals surface area contributed by atoms with E-state index in [1.807, 2.05) is 54.6 Å². The summed E-state index contributed by atoms with van der Waals surface area (Å²) in [6.07, 6.45) is 0. The summed E-state index contributed by atoms with van der Waals surface area (Å²) in [6, 6.07) is 23.7. The molecular weight excluding hydrogens is 468 g/mol. The summed E-state index contributed by atoms with van der Waals surface area (Å²) in [5.41, 5.74) is 2.40. The van der Waals surface area contributed by atoms with Crippen LogP contribution < -0.4 is 21.8 Å². The highest BCUT2D eigenvalue weighted by Crippen LogP contribution is 2.23. The molecule has 148 valence electrons. The second-order valence-corrected chi connectivity index (χ2v) is 7.22. The summed E-state index contributed by atoms with van der Waals surface area (Å²) in [4.78, 5) is 18.4. The molecule has 0 spiro atoms. The van der Waals surface area contributed by atoms with Gasteiger partial charge in [0, 0.05) is 22.8 Å². The zero-order valence-electron chi connectivity index (χ0n) is 15.3. The van der Waals surface area contributed by atoms with Crippen LogP contribution in [0.25, 0.3) is 32.4 Å². The third-order valence-corrected chi connectivity index (χ3v) is 5.34. The molecule has 2 heterocycles. The Balaban J connectivity index is 0.00000218. The standard InChI is InChI=1S/C20H13N6O2S.BrH/c27-26(28)16-12-10-15(11-13-16)24-22-19(14-6-2-1-3-7-14)23-25(24)20-21-17-8-4-5-9-18(17)29-20;/h1-13H;1H/q+1;/p-1. The van der Waals surface area contributed by atoms with Crippen molar-refractivity contribution in [3.05, 3.63) is 89.0 Å². The molecule has 0 fully saturated rings. The summed E-state index contributed by atoms with van der Waals surface area (Å²) in [6.45, 7) is 0. The number of rotatable bonds is 4. The maximum absolute atomic E-state index is 11.0. The fourth-order valence-electron chi connectivity index (χ4n) is 2.93. The molecule has 3 aromatic carbocycles. The molecule has 2 aromatic heterocycles. The number of fused-ring (bicyclic) bond motifs is 1. The molecule has 5 aromatic rings. The van der Waals surface area contributed by atoms with E-state index in [0.717, 1.165) is 15.8 Å². The molecule has 0 saturated carbocycles.